The highest BCUT2D eigenvalue weighted by Gasteiger charge is 2.93. The van der Waals surface area contributed by atoms with Crippen molar-refractivity contribution in [1.29, 1.82) is 5.26 Å². The molecule has 0 radical (unpaired) electrons. The molecule has 3 unspecified atom stereocenters. The summed E-state index contributed by atoms with van der Waals surface area (Å²) in [7, 11) is 0. The molecule has 170 valence electrons. The molecule has 0 saturated heterocycles. The van der Waals surface area contributed by atoms with Crippen LogP contribution in [0.15, 0.2) is 54.6 Å². The van der Waals surface area contributed by atoms with E-state index in [9.17, 15) is 36.4 Å². The van der Waals surface area contributed by atoms with E-state index < -0.39 is 41.2 Å². The molecule has 4 nitrogen and oxygen atoms in total. The molecule has 0 heterocycles. The first kappa shape index (κ1) is 23.4. The van der Waals surface area contributed by atoms with Crippen molar-refractivity contribution in [3.63, 3.8) is 0 Å². The van der Waals surface area contributed by atoms with Crippen LogP contribution in [-0.2, 0) is 9.53 Å². The van der Waals surface area contributed by atoms with E-state index in [0.717, 1.165) is 0 Å². The van der Waals surface area contributed by atoms with Crippen LogP contribution in [0.5, 0.6) is 11.5 Å². The van der Waals surface area contributed by atoms with E-state index in [4.69, 9.17) is 9.47 Å². The SMILES string of the molecule is CC1(C(F)(F)F)C(C(=O)OC(C#N)c2cccc(Oc3ccccc3)c2)C1(C)C(F)(F)F. The highest BCUT2D eigenvalue weighted by atomic mass is 19.4. The van der Waals surface area contributed by atoms with Crippen LogP contribution in [0.25, 0.3) is 0 Å². The van der Waals surface area contributed by atoms with Gasteiger partial charge in [0.1, 0.15) is 17.6 Å². The zero-order chi connectivity index (χ0) is 23.9. The maximum absolute atomic E-state index is 13.5. The highest BCUT2D eigenvalue weighted by molar-refractivity contribution is 5.80. The van der Waals surface area contributed by atoms with Crippen LogP contribution in [0.4, 0.5) is 26.3 Å². The van der Waals surface area contributed by atoms with Crippen LogP contribution in [0, 0.1) is 28.1 Å². The monoisotopic (exact) mass is 457 g/mol. The van der Waals surface area contributed by atoms with Crippen molar-refractivity contribution >= 4 is 5.97 Å². The Kier molecular flexibility index (Phi) is 5.66. The molecule has 0 aliphatic heterocycles. The molecule has 0 bridgehead atoms. The number of para-hydroxylation sites is 1. The number of esters is 1. The van der Waals surface area contributed by atoms with Gasteiger partial charge in [-0.05, 0) is 38.1 Å². The molecule has 2 aromatic carbocycles. The van der Waals surface area contributed by atoms with Crippen molar-refractivity contribution in [2.24, 2.45) is 16.7 Å². The Balaban J connectivity index is 1.84. The van der Waals surface area contributed by atoms with Gasteiger partial charge in [0, 0.05) is 5.56 Å². The number of carbonyl (C=O) groups excluding carboxylic acids is 1. The molecule has 1 aliphatic rings. The van der Waals surface area contributed by atoms with Crippen molar-refractivity contribution in [2.75, 3.05) is 0 Å². The minimum atomic E-state index is -5.31. The molecule has 3 atom stereocenters. The zero-order valence-corrected chi connectivity index (χ0v) is 16.8. The van der Waals surface area contributed by atoms with Crippen molar-refractivity contribution in [3.8, 4) is 17.6 Å². The first-order valence-electron chi connectivity index (χ1n) is 9.34. The summed E-state index contributed by atoms with van der Waals surface area (Å²) >= 11 is 0. The summed E-state index contributed by atoms with van der Waals surface area (Å²) in [6, 6.07) is 15.7. The molecule has 0 spiro atoms. The average molecular weight is 457 g/mol. The lowest BCUT2D eigenvalue weighted by molar-refractivity contribution is -0.245. The second-order valence-corrected chi connectivity index (χ2v) is 7.77. The van der Waals surface area contributed by atoms with Gasteiger partial charge in [0.25, 0.3) is 0 Å². The number of nitriles is 1. The summed E-state index contributed by atoms with van der Waals surface area (Å²) in [4.78, 5) is 12.4. The summed E-state index contributed by atoms with van der Waals surface area (Å²) in [6.07, 6.45) is -12.4. The number of nitrogens with zero attached hydrogens (tertiary/aromatic N) is 1. The number of carbonyl (C=O) groups is 1. The van der Waals surface area contributed by atoms with Crippen molar-refractivity contribution in [2.45, 2.75) is 32.3 Å². The van der Waals surface area contributed by atoms with Gasteiger partial charge in [0.15, 0.2) is 0 Å². The first-order valence-corrected chi connectivity index (χ1v) is 9.34. The number of hydrogen-bond acceptors (Lipinski definition) is 4. The lowest BCUT2D eigenvalue weighted by Gasteiger charge is -2.23. The van der Waals surface area contributed by atoms with Crippen LogP contribution < -0.4 is 4.74 Å². The Bertz CT molecular complexity index is 1020. The van der Waals surface area contributed by atoms with Crippen LogP contribution in [0.3, 0.4) is 0 Å². The molecule has 1 saturated carbocycles. The molecule has 0 aromatic heterocycles. The van der Waals surface area contributed by atoms with Crippen LogP contribution >= 0.6 is 0 Å². The van der Waals surface area contributed by atoms with E-state index in [2.05, 4.69) is 0 Å². The maximum Gasteiger partial charge on any atom is 0.395 e. The first-order chi connectivity index (χ1) is 14.8. The molecular formula is C22H17F6NO3. The second kappa shape index (κ2) is 7.73. The number of alkyl halides is 6. The summed E-state index contributed by atoms with van der Waals surface area (Å²) in [6.45, 7) is 0.671. The molecular weight excluding hydrogens is 440 g/mol. The average Bonchev–Trinajstić information content (AvgIpc) is 3.26. The largest absolute Gasteiger partial charge is 0.457 e. The summed E-state index contributed by atoms with van der Waals surface area (Å²) in [5.74, 6) is -3.59. The second-order valence-electron chi connectivity index (χ2n) is 7.77. The summed E-state index contributed by atoms with van der Waals surface area (Å²) < 4.78 is 91.3. The van der Waals surface area contributed by atoms with Gasteiger partial charge in [-0.2, -0.15) is 31.6 Å². The third-order valence-electron chi connectivity index (χ3n) is 6.05. The van der Waals surface area contributed by atoms with E-state index in [1.54, 1.807) is 36.4 Å². The fourth-order valence-corrected chi connectivity index (χ4v) is 3.91. The molecule has 10 heteroatoms. The number of hydrogen-bond donors (Lipinski definition) is 0. The van der Waals surface area contributed by atoms with Gasteiger partial charge < -0.3 is 9.47 Å². The minimum absolute atomic E-state index is 0.0392. The quantitative estimate of drug-likeness (QED) is 0.388. The number of rotatable bonds is 5. The van der Waals surface area contributed by atoms with E-state index >= 15 is 0 Å². The standard InChI is InChI=1S/C22H17F6NO3/c1-19(21(23,24)25)17(20(19,2)22(26,27)28)18(30)32-16(12-29)13-7-6-10-15(11-13)31-14-8-4-3-5-9-14/h3-11,16-17H,1-2H3. The maximum atomic E-state index is 13.5. The molecule has 32 heavy (non-hydrogen) atoms. The van der Waals surface area contributed by atoms with Crippen molar-refractivity contribution in [3.05, 3.63) is 60.2 Å². The molecule has 0 N–H and O–H groups in total. The molecule has 2 aromatic rings. The van der Waals surface area contributed by atoms with Gasteiger partial charge in [-0.3, -0.25) is 4.79 Å². The highest BCUT2D eigenvalue weighted by Crippen LogP contribution is 2.80. The number of ether oxygens (including phenoxy) is 2. The molecule has 0 amide bonds. The topological polar surface area (TPSA) is 59.3 Å². The van der Waals surface area contributed by atoms with Gasteiger partial charge in [-0.25, -0.2) is 0 Å². The van der Waals surface area contributed by atoms with Gasteiger partial charge >= 0.3 is 18.3 Å². The smallest absolute Gasteiger partial charge is 0.395 e. The normalized spacial score (nSPS) is 26.0. The van der Waals surface area contributed by atoms with Crippen molar-refractivity contribution in [1.82, 2.24) is 0 Å². The predicted octanol–water partition coefficient (Wildman–Crippen LogP) is 6.35. The molecule has 1 fully saturated rings. The Morgan fingerprint density at radius 3 is 1.97 bits per heavy atom. The van der Waals surface area contributed by atoms with E-state index in [-0.39, 0.29) is 11.3 Å². The Morgan fingerprint density at radius 2 is 1.47 bits per heavy atom. The minimum Gasteiger partial charge on any atom is -0.457 e. The number of halogens is 6. The fourth-order valence-electron chi connectivity index (χ4n) is 3.91. The van der Waals surface area contributed by atoms with Gasteiger partial charge in [-0.15, -0.1) is 0 Å². The van der Waals surface area contributed by atoms with Gasteiger partial charge in [0.05, 0.1) is 16.7 Å². The van der Waals surface area contributed by atoms with Crippen molar-refractivity contribution < 1.29 is 40.6 Å². The van der Waals surface area contributed by atoms with Crippen LogP contribution in [-0.4, -0.2) is 18.3 Å². The Morgan fingerprint density at radius 1 is 0.938 bits per heavy atom. The Labute approximate surface area is 179 Å². The lowest BCUT2D eigenvalue weighted by atomic mass is 9.95. The third-order valence-corrected chi connectivity index (χ3v) is 6.05. The number of benzene rings is 2. The zero-order valence-electron chi connectivity index (χ0n) is 16.8. The third kappa shape index (κ3) is 3.66. The van der Waals surface area contributed by atoms with Crippen LogP contribution in [0.2, 0.25) is 0 Å². The van der Waals surface area contributed by atoms with E-state index in [1.807, 2.05) is 0 Å². The van der Waals surface area contributed by atoms with E-state index in [0.29, 0.717) is 19.6 Å². The summed E-state index contributed by atoms with van der Waals surface area (Å²) in [5.41, 5.74) is -6.70. The fraction of sp³-hybridized carbons (Fsp3) is 0.364. The van der Waals surface area contributed by atoms with Gasteiger partial charge in [-0.1, -0.05) is 30.3 Å². The molecule has 3 rings (SSSR count). The Hall–Kier alpha value is -3.22. The predicted molar refractivity (Wildman–Crippen MR) is 99.2 cm³/mol. The lowest BCUT2D eigenvalue weighted by Crippen LogP contribution is -2.35. The van der Waals surface area contributed by atoms with Gasteiger partial charge in [0.2, 0.25) is 6.10 Å². The van der Waals surface area contributed by atoms with E-state index in [1.165, 1.54) is 24.3 Å². The molecule has 1 aliphatic carbocycles. The van der Waals surface area contributed by atoms with Crippen LogP contribution in [0.1, 0.15) is 25.5 Å². The summed E-state index contributed by atoms with van der Waals surface area (Å²) in [5, 5.41) is 9.38.